The van der Waals surface area contributed by atoms with Crippen molar-refractivity contribution in [2.45, 2.75) is 155 Å². The van der Waals surface area contributed by atoms with E-state index in [1.165, 1.54) is 0 Å². The molecule has 446 valence electrons. The second-order valence-electron chi connectivity index (χ2n) is 20.9. The van der Waals surface area contributed by atoms with Gasteiger partial charge >= 0.3 is 0 Å². The number of rotatable bonds is 24. The fourth-order valence-corrected chi connectivity index (χ4v) is 11.9. The number of halogens is 5. The molecule has 19 atom stereocenters. The quantitative estimate of drug-likeness (QED) is 0.0421. The maximum atomic E-state index is 12.7. The van der Waals surface area contributed by atoms with E-state index in [0.29, 0.717) is 42.8 Å². The van der Waals surface area contributed by atoms with E-state index in [4.69, 9.17) is 86.4 Å². The van der Waals surface area contributed by atoms with Gasteiger partial charge in [-0.15, -0.1) is 0 Å². The van der Waals surface area contributed by atoms with Gasteiger partial charge in [0, 0.05) is 76.5 Å². The van der Waals surface area contributed by atoms with Crippen LogP contribution in [0, 0.1) is 0 Å². The number of hydrogen-bond donors (Lipinski definition) is 13. The summed E-state index contributed by atoms with van der Waals surface area (Å²) in [6.07, 6.45) is -21.6. The molecule has 3 heterocycles. The lowest BCUT2D eigenvalue weighted by atomic mass is 9.82. The first kappa shape index (κ1) is 63.3. The van der Waals surface area contributed by atoms with Gasteiger partial charge in [0.2, 0.25) is 0 Å². The Hall–Kier alpha value is -3.21. The number of ether oxygens (including phenoxy) is 6. The van der Waals surface area contributed by atoms with Crippen LogP contribution in [0.2, 0.25) is 25.1 Å². The molecule has 9 rings (SSSR count). The first-order chi connectivity index (χ1) is 39.6. The maximum Gasteiger partial charge on any atom is 0.187 e. The monoisotopic (exact) mass is 1240 g/mol. The fourth-order valence-electron chi connectivity index (χ4n) is 10.9. The normalized spacial score (nSPS) is 33.2. The average molecular weight is 1240 g/mol. The van der Waals surface area contributed by atoms with Gasteiger partial charge in [0.25, 0.3) is 0 Å². The third-order valence-corrected chi connectivity index (χ3v) is 17.4. The molecule has 0 bridgehead atoms. The van der Waals surface area contributed by atoms with Crippen molar-refractivity contribution in [1.82, 2.24) is 26.6 Å². The van der Waals surface area contributed by atoms with Gasteiger partial charge in [-0.05, 0) is 64.6 Å². The molecule has 4 aliphatic rings. The molecular formula is C58H70Cl5N5O14. The molecule has 0 spiro atoms. The molecule has 0 unspecified atom stereocenters. The van der Waals surface area contributed by atoms with Gasteiger partial charge < -0.3 is 95.9 Å². The SMILES string of the molecule is OC[C@H]1O[C@H](O[C@H]2[C@H](O[C@@H]3O[C@H](CO)[C@@H](O[C@H]4O[C@@H](CNCc5ccccc5Cl)[C@@H](O)[C@H](O)[C@H]4NCc4ccccc4Cl)[C@H]3O)[C@@H](O)[C@H](NCc3ccccc3Cl)C[C@@H]2NCc2ccccc2Cl)[C@H](NCc2ccccc2Cl)[C@@H](O)[C@@H]1O. The minimum absolute atomic E-state index is 0.0217. The van der Waals surface area contributed by atoms with E-state index in [2.05, 4.69) is 26.6 Å². The van der Waals surface area contributed by atoms with Crippen molar-refractivity contribution in [2.75, 3.05) is 19.8 Å². The summed E-state index contributed by atoms with van der Waals surface area (Å²) in [4.78, 5) is 0. The minimum atomic E-state index is -1.74. The molecular weight excluding hydrogens is 1170 g/mol. The predicted molar refractivity (Wildman–Crippen MR) is 307 cm³/mol. The first-order valence-corrected chi connectivity index (χ1v) is 29.1. The van der Waals surface area contributed by atoms with Gasteiger partial charge in [0.1, 0.15) is 67.1 Å². The molecule has 13 N–H and O–H groups in total. The molecule has 1 saturated carbocycles. The Bertz CT molecular complexity index is 2820. The Morgan fingerprint density at radius 1 is 0.378 bits per heavy atom. The predicted octanol–water partition coefficient (Wildman–Crippen LogP) is 3.56. The second kappa shape index (κ2) is 29.9. The third-order valence-electron chi connectivity index (χ3n) is 15.5. The van der Waals surface area contributed by atoms with Crippen molar-refractivity contribution in [3.05, 3.63) is 174 Å². The third kappa shape index (κ3) is 15.3. The fraction of sp³-hybridized carbons (Fsp3) is 0.483. The molecule has 24 heteroatoms. The van der Waals surface area contributed by atoms with Crippen LogP contribution in [-0.2, 0) is 61.1 Å². The van der Waals surface area contributed by atoms with E-state index in [1.54, 1.807) is 84.9 Å². The van der Waals surface area contributed by atoms with Crippen molar-refractivity contribution < 1.29 is 69.3 Å². The molecule has 5 aromatic carbocycles. The van der Waals surface area contributed by atoms with Crippen LogP contribution in [-0.4, -0.2) is 177 Å². The zero-order valence-electron chi connectivity index (χ0n) is 44.3. The van der Waals surface area contributed by atoms with Gasteiger partial charge in [0.15, 0.2) is 18.9 Å². The van der Waals surface area contributed by atoms with Crippen LogP contribution in [0.4, 0.5) is 0 Å². The van der Waals surface area contributed by atoms with Crippen LogP contribution in [0.5, 0.6) is 0 Å². The van der Waals surface area contributed by atoms with E-state index >= 15 is 0 Å². The van der Waals surface area contributed by atoms with Crippen LogP contribution in [0.3, 0.4) is 0 Å². The maximum absolute atomic E-state index is 12.7. The van der Waals surface area contributed by atoms with Gasteiger partial charge in [-0.25, -0.2) is 0 Å². The zero-order chi connectivity index (χ0) is 58.0. The summed E-state index contributed by atoms with van der Waals surface area (Å²) in [5.41, 5.74) is 3.57. The van der Waals surface area contributed by atoms with E-state index < -0.39 is 129 Å². The topological polar surface area (TPSA) is 277 Å². The van der Waals surface area contributed by atoms with Crippen molar-refractivity contribution in [2.24, 2.45) is 0 Å². The molecule has 0 amide bonds. The van der Waals surface area contributed by atoms with Crippen molar-refractivity contribution in [3.63, 3.8) is 0 Å². The number of hydrogen-bond acceptors (Lipinski definition) is 19. The molecule has 0 radical (unpaired) electrons. The highest BCUT2D eigenvalue weighted by atomic mass is 35.5. The molecule has 3 aliphatic heterocycles. The van der Waals surface area contributed by atoms with E-state index in [1.807, 2.05) is 36.4 Å². The van der Waals surface area contributed by atoms with Crippen LogP contribution >= 0.6 is 58.0 Å². The smallest absolute Gasteiger partial charge is 0.187 e. The summed E-state index contributed by atoms with van der Waals surface area (Å²) < 4.78 is 39.4. The van der Waals surface area contributed by atoms with Gasteiger partial charge in [-0.2, -0.15) is 0 Å². The Balaban J connectivity index is 1.03. The minimum Gasteiger partial charge on any atom is -0.394 e. The molecule has 3 saturated heterocycles. The highest BCUT2D eigenvalue weighted by Gasteiger charge is 2.56. The first-order valence-electron chi connectivity index (χ1n) is 27.2. The van der Waals surface area contributed by atoms with Crippen LogP contribution in [0.25, 0.3) is 0 Å². The highest BCUT2D eigenvalue weighted by molar-refractivity contribution is 6.32. The molecule has 19 nitrogen and oxygen atoms in total. The Kier molecular flexibility index (Phi) is 23.1. The van der Waals surface area contributed by atoms with E-state index in [9.17, 15) is 40.9 Å². The molecule has 0 aromatic heterocycles. The standard InChI is InChI=1S/C58H70Cl5N5O14/c59-35-16-6-1-11-30(35)22-64-27-42-48(72)50(74)45(67-25-33-14-4-9-19-38(33)62)56(77-42)81-54-44(29-70)79-58(52(54)76)82-55-47(71)40(65-23-31-12-2-7-17-36(31)60)21-41(66-24-32-13-3-8-18-37(32)61)53(55)80-57-46(51(75)49(73)43(28-69)78-57)68-26-34-15-5-10-20-39(34)63/h1-20,40-58,64-76H,21-29H2/t40-,41+,42+,43-,44-,45-,46-,47+,48-,49-,50-,51-,52-,53-,54-,55-,56-,57-,58+/m1/s1. The Morgan fingerprint density at radius 2 is 0.744 bits per heavy atom. The zero-order valence-corrected chi connectivity index (χ0v) is 48.1. The van der Waals surface area contributed by atoms with Crippen molar-refractivity contribution >= 4 is 58.0 Å². The molecule has 4 fully saturated rings. The van der Waals surface area contributed by atoms with E-state index in [0.717, 1.165) is 16.7 Å². The molecule has 1 aliphatic carbocycles. The van der Waals surface area contributed by atoms with Crippen LogP contribution < -0.4 is 26.6 Å². The van der Waals surface area contributed by atoms with Crippen molar-refractivity contribution in [3.8, 4) is 0 Å². The van der Waals surface area contributed by atoms with Gasteiger partial charge in [-0.3, -0.25) is 0 Å². The number of nitrogens with one attached hydrogen (secondary N) is 5. The number of aliphatic hydroxyl groups is 8. The summed E-state index contributed by atoms with van der Waals surface area (Å²) in [6, 6.07) is 31.9. The van der Waals surface area contributed by atoms with Crippen LogP contribution in [0.1, 0.15) is 34.2 Å². The molecule has 82 heavy (non-hydrogen) atoms. The number of benzene rings is 5. The summed E-state index contributed by atoms with van der Waals surface area (Å²) in [7, 11) is 0. The lowest BCUT2D eigenvalue weighted by molar-refractivity contribution is -0.316. The largest absolute Gasteiger partial charge is 0.394 e. The second-order valence-corrected chi connectivity index (χ2v) is 22.9. The van der Waals surface area contributed by atoms with Crippen LogP contribution in [0.15, 0.2) is 121 Å². The van der Waals surface area contributed by atoms with Crippen molar-refractivity contribution in [1.29, 1.82) is 0 Å². The Labute approximate surface area is 500 Å². The van der Waals surface area contributed by atoms with Gasteiger partial charge in [0.05, 0.1) is 31.4 Å². The molecule has 5 aromatic rings. The van der Waals surface area contributed by atoms with Gasteiger partial charge in [-0.1, -0.05) is 149 Å². The summed E-state index contributed by atoms with van der Waals surface area (Å²) >= 11 is 32.8. The Morgan fingerprint density at radius 3 is 1.20 bits per heavy atom. The number of aliphatic hydroxyl groups excluding tert-OH is 8. The average Bonchev–Trinajstić information content (AvgIpc) is 3.67. The summed E-state index contributed by atoms with van der Waals surface area (Å²) in [5.74, 6) is 0. The summed E-state index contributed by atoms with van der Waals surface area (Å²) in [5, 5.41) is 112. The highest BCUT2D eigenvalue weighted by Crippen LogP contribution is 2.37. The lowest BCUT2D eigenvalue weighted by Gasteiger charge is -2.49. The lowest BCUT2D eigenvalue weighted by Crippen LogP contribution is -2.69. The van der Waals surface area contributed by atoms with E-state index in [-0.39, 0.29) is 39.1 Å². The summed E-state index contributed by atoms with van der Waals surface area (Å²) in [6.45, 7) is -0.534.